The van der Waals surface area contributed by atoms with E-state index in [-0.39, 0.29) is 0 Å². The standard InChI is InChI=1S/C10H15N5/c1-14(6-4-11)10-13-8-7-12-5-3-9(8)15(10)2/h3,5,7H,4,6,11H2,1-2H3. The molecule has 0 unspecified atom stereocenters. The van der Waals surface area contributed by atoms with Crippen LogP contribution in [0.3, 0.4) is 0 Å². The number of nitrogens with zero attached hydrogens (tertiary/aromatic N) is 4. The Morgan fingerprint density at radius 1 is 1.53 bits per heavy atom. The van der Waals surface area contributed by atoms with Gasteiger partial charge < -0.3 is 15.2 Å². The van der Waals surface area contributed by atoms with Gasteiger partial charge in [-0.1, -0.05) is 0 Å². The van der Waals surface area contributed by atoms with Crippen molar-refractivity contribution >= 4 is 17.0 Å². The minimum absolute atomic E-state index is 0.623. The molecule has 5 heteroatoms. The van der Waals surface area contributed by atoms with E-state index < -0.39 is 0 Å². The molecule has 0 aromatic carbocycles. The van der Waals surface area contributed by atoms with Crippen molar-refractivity contribution in [2.45, 2.75) is 0 Å². The highest BCUT2D eigenvalue weighted by Gasteiger charge is 2.10. The molecule has 0 aliphatic rings. The van der Waals surface area contributed by atoms with Crippen molar-refractivity contribution in [1.29, 1.82) is 0 Å². The molecular formula is C10H15N5. The van der Waals surface area contributed by atoms with Crippen molar-refractivity contribution in [2.75, 3.05) is 25.0 Å². The molecule has 0 fully saturated rings. The molecule has 0 radical (unpaired) electrons. The second-order valence-corrected chi connectivity index (χ2v) is 3.55. The number of nitrogens with two attached hydrogens (primary N) is 1. The van der Waals surface area contributed by atoms with Gasteiger partial charge in [-0.05, 0) is 6.07 Å². The third-order valence-corrected chi connectivity index (χ3v) is 2.47. The van der Waals surface area contributed by atoms with Crippen LogP contribution in [0.15, 0.2) is 18.5 Å². The molecule has 0 atom stereocenters. The quantitative estimate of drug-likeness (QED) is 0.786. The summed E-state index contributed by atoms with van der Waals surface area (Å²) in [6.45, 7) is 1.42. The topological polar surface area (TPSA) is 60.0 Å². The van der Waals surface area contributed by atoms with Gasteiger partial charge in [0.25, 0.3) is 0 Å². The molecule has 2 aromatic heterocycles. The van der Waals surface area contributed by atoms with E-state index in [0.717, 1.165) is 23.5 Å². The predicted molar refractivity (Wildman–Crippen MR) is 60.8 cm³/mol. The maximum absolute atomic E-state index is 5.52. The van der Waals surface area contributed by atoms with Crippen LogP contribution < -0.4 is 10.6 Å². The number of imidazole rings is 1. The predicted octanol–water partition coefficient (Wildman–Crippen LogP) is 0.363. The Morgan fingerprint density at radius 2 is 2.33 bits per heavy atom. The first kappa shape index (κ1) is 9.92. The van der Waals surface area contributed by atoms with Gasteiger partial charge >= 0.3 is 0 Å². The molecule has 2 aromatic rings. The van der Waals surface area contributed by atoms with E-state index in [4.69, 9.17) is 5.73 Å². The fourth-order valence-corrected chi connectivity index (χ4v) is 1.67. The number of anilines is 1. The van der Waals surface area contributed by atoms with Gasteiger partial charge in [-0.15, -0.1) is 0 Å². The molecule has 2 rings (SSSR count). The Hall–Kier alpha value is -1.62. The molecule has 80 valence electrons. The lowest BCUT2D eigenvalue weighted by molar-refractivity contribution is 0.808. The highest BCUT2D eigenvalue weighted by atomic mass is 15.3. The average Bonchev–Trinajstić information content (AvgIpc) is 2.57. The molecule has 0 saturated heterocycles. The number of pyridine rings is 1. The van der Waals surface area contributed by atoms with Crippen LogP contribution in [0.1, 0.15) is 0 Å². The number of aryl methyl sites for hydroxylation is 1. The van der Waals surface area contributed by atoms with Crippen molar-refractivity contribution in [3.8, 4) is 0 Å². The van der Waals surface area contributed by atoms with E-state index in [0.29, 0.717) is 6.54 Å². The molecule has 15 heavy (non-hydrogen) atoms. The van der Waals surface area contributed by atoms with Gasteiger partial charge in [0.2, 0.25) is 5.95 Å². The van der Waals surface area contributed by atoms with E-state index in [1.165, 1.54) is 0 Å². The van der Waals surface area contributed by atoms with E-state index in [2.05, 4.69) is 9.97 Å². The Labute approximate surface area is 88.5 Å². The van der Waals surface area contributed by atoms with Gasteiger partial charge in [0.15, 0.2) is 0 Å². The Balaban J connectivity index is 2.48. The summed E-state index contributed by atoms with van der Waals surface area (Å²) in [6, 6.07) is 1.96. The molecule has 2 heterocycles. The van der Waals surface area contributed by atoms with Gasteiger partial charge in [-0.3, -0.25) is 4.98 Å². The van der Waals surface area contributed by atoms with Crippen molar-refractivity contribution in [3.05, 3.63) is 18.5 Å². The number of hydrogen-bond acceptors (Lipinski definition) is 4. The van der Waals surface area contributed by atoms with Crippen LogP contribution in [-0.4, -0.2) is 34.7 Å². The van der Waals surface area contributed by atoms with Crippen LogP contribution in [0, 0.1) is 0 Å². The Kier molecular flexibility index (Phi) is 2.55. The molecule has 0 saturated carbocycles. The van der Waals surface area contributed by atoms with Gasteiger partial charge in [0, 0.05) is 33.4 Å². The lowest BCUT2D eigenvalue weighted by Crippen LogP contribution is -2.27. The smallest absolute Gasteiger partial charge is 0.206 e. The van der Waals surface area contributed by atoms with Crippen LogP contribution in [-0.2, 0) is 7.05 Å². The van der Waals surface area contributed by atoms with E-state index in [1.54, 1.807) is 12.4 Å². The second kappa shape index (κ2) is 3.86. The van der Waals surface area contributed by atoms with Crippen molar-refractivity contribution in [1.82, 2.24) is 14.5 Å². The van der Waals surface area contributed by atoms with Crippen molar-refractivity contribution in [3.63, 3.8) is 0 Å². The first-order chi connectivity index (χ1) is 7.24. The van der Waals surface area contributed by atoms with Gasteiger partial charge in [0.1, 0.15) is 5.52 Å². The number of rotatable bonds is 3. The molecule has 0 amide bonds. The molecule has 0 aliphatic heterocycles. The maximum atomic E-state index is 5.52. The van der Waals surface area contributed by atoms with Crippen LogP contribution in [0.2, 0.25) is 0 Å². The molecule has 0 spiro atoms. The summed E-state index contributed by atoms with van der Waals surface area (Å²) in [6.07, 6.45) is 3.55. The minimum Gasteiger partial charge on any atom is -0.344 e. The minimum atomic E-state index is 0.623. The Morgan fingerprint density at radius 3 is 3.00 bits per heavy atom. The zero-order chi connectivity index (χ0) is 10.8. The first-order valence-electron chi connectivity index (χ1n) is 4.91. The summed E-state index contributed by atoms with van der Waals surface area (Å²) in [5.41, 5.74) is 7.52. The number of likely N-dealkylation sites (N-methyl/N-ethyl adjacent to an activating group) is 1. The molecule has 5 nitrogen and oxygen atoms in total. The average molecular weight is 205 g/mol. The first-order valence-corrected chi connectivity index (χ1v) is 4.91. The largest absolute Gasteiger partial charge is 0.344 e. The van der Waals surface area contributed by atoms with Crippen molar-refractivity contribution in [2.24, 2.45) is 12.8 Å². The van der Waals surface area contributed by atoms with Crippen LogP contribution in [0.5, 0.6) is 0 Å². The van der Waals surface area contributed by atoms with Crippen molar-refractivity contribution < 1.29 is 0 Å². The molecule has 0 aliphatic carbocycles. The summed E-state index contributed by atoms with van der Waals surface area (Å²) >= 11 is 0. The second-order valence-electron chi connectivity index (χ2n) is 3.55. The van der Waals surface area contributed by atoms with E-state index in [9.17, 15) is 0 Å². The number of aromatic nitrogens is 3. The van der Waals surface area contributed by atoms with Crippen LogP contribution >= 0.6 is 0 Å². The summed E-state index contributed by atoms with van der Waals surface area (Å²) in [5, 5.41) is 0. The highest BCUT2D eigenvalue weighted by Crippen LogP contribution is 2.18. The SMILES string of the molecule is CN(CCN)c1nc2cnccc2n1C. The van der Waals surface area contributed by atoms with E-state index >= 15 is 0 Å². The van der Waals surface area contributed by atoms with Gasteiger partial charge in [-0.2, -0.15) is 0 Å². The van der Waals surface area contributed by atoms with Crippen LogP contribution in [0.25, 0.3) is 11.0 Å². The molecular weight excluding hydrogens is 190 g/mol. The summed E-state index contributed by atoms with van der Waals surface area (Å²) in [7, 11) is 3.99. The monoisotopic (exact) mass is 205 g/mol. The van der Waals surface area contributed by atoms with Gasteiger partial charge in [-0.25, -0.2) is 4.98 Å². The Bertz CT molecular complexity index is 462. The third kappa shape index (κ3) is 1.66. The maximum Gasteiger partial charge on any atom is 0.206 e. The summed E-state index contributed by atoms with van der Waals surface area (Å²) in [5.74, 6) is 0.920. The molecule has 0 bridgehead atoms. The lowest BCUT2D eigenvalue weighted by atomic mass is 10.4. The zero-order valence-corrected chi connectivity index (χ0v) is 9.01. The number of fused-ring (bicyclic) bond motifs is 1. The lowest BCUT2D eigenvalue weighted by Gasteiger charge is -2.16. The van der Waals surface area contributed by atoms with Crippen LogP contribution in [0.4, 0.5) is 5.95 Å². The summed E-state index contributed by atoms with van der Waals surface area (Å²) < 4.78 is 2.05. The third-order valence-electron chi connectivity index (χ3n) is 2.47. The fraction of sp³-hybridized carbons (Fsp3) is 0.400. The number of hydrogen-bond donors (Lipinski definition) is 1. The van der Waals surface area contributed by atoms with E-state index in [1.807, 2.05) is 29.6 Å². The fourth-order valence-electron chi connectivity index (χ4n) is 1.67. The highest BCUT2D eigenvalue weighted by molar-refractivity contribution is 5.77. The normalized spacial score (nSPS) is 10.9. The molecule has 2 N–H and O–H groups in total. The zero-order valence-electron chi connectivity index (χ0n) is 9.01. The van der Waals surface area contributed by atoms with Gasteiger partial charge in [0.05, 0.1) is 11.7 Å². The summed E-state index contributed by atoms with van der Waals surface area (Å²) in [4.78, 5) is 10.6.